The van der Waals surface area contributed by atoms with Crippen LogP contribution in [0.1, 0.15) is 59.8 Å². The van der Waals surface area contributed by atoms with Crippen molar-refractivity contribution in [2.24, 2.45) is 0 Å². The molecule has 0 saturated carbocycles. The van der Waals surface area contributed by atoms with Gasteiger partial charge in [-0.25, -0.2) is 0 Å². The lowest BCUT2D eigenvalue weighted by Crippen LogP contribution is -2.42. The van der Waals surface area contributed by atoms with Crippen LogP contribution in [0.5, 0.6) is 0 Å². The number of carbonyl (C=O) groups excluding carboxylic acids is 2. The topological polar surface area (TPSA) is 64.6 Å². The zero-order valence-electron chi connectivity index (χ0n) is 13.5. The summed E-state index contributed by atoms with van der Waals surface area (Å²) in [7, 11) is 1.36. The smallest absolute Gasteiger partial charge is 0.322 e. The summed E-state index contributed by atoms with van der Waals surface area (Å²) >= 11 is 0. The maximum atomic E-state index is 11.6. The zero-order chi connectivity index (χ0) is 15.6. The lowest BCUT2D eigenvalue weighted by Gasteiger charge is -2.21. The fraction of sp³-hybridized carbons (Fsp3) is 0.867. The molecule has 0 aliphatic heterocycles. The fourth-order valence-electron chi connectivity index (χ4n) is 1.80. The molecule has 0 spiro atoms. The molecule has 5 nitrogen and oxygen atoms in total. The summed E-state index contributed by atoms with van der Waals surface area (Å²) in [4.78, 5) is 23.3. The minimum atomic E-state index is -0.513. The molecule has 0 aliphatic carbocycles. The molecule has 0 saturated heterocycles. The van der Waals surface area contributed by atoms with Crippen molar-refractivity contribution in [2.45, 2.75) is 71.4 Å². The van der Waals surface area contributed by atoms with Crippen LogP contribution in [0.2, 0.25) is 0 Å². The molecule has 0 radical (unpaired) electrons. The molecular formula is C15H29NO4. The number of nitrogens with one attached hydrogen (secondary N) is 1. The van der Waals surface area contributed by atoms with Crippen LogP contribution in [0, 0.1) is 0 Å². The van der Waals surface area contributed by atoms with E-state index in [1.807, 2.05) is 20.8 Å². The maximum Gasteiger partial charge on any atom is 0.322 e. The van der Waals surface area contributed by atoms with Crippen molar-refractivity contribution >= 4 is 11.9 Å². The maximum absolute atomic E-state index is 11.6. The van der Waals surface area contributed by atoms with Gasteiger partial charge in [0.15, 0.2) is 0 Å². The minimum absolute atomic E-state index is 0.0187. The number of unbranched alkanes of at least 4 members (excludes halogenated alkanes) is 3. The summed E-state index contributed by atoms with van der Waals surface area (Å²) in [5, 5.41) is 2.92. The van der Waals surface area contributed by atoms with Crippen LogP contribution in [-0.2, 0) is 19.1 Å². The van der Waals surface area contributed by atoms with Gasteiger partial charge in [0, 0.05) is 0 Å². The fourth-order valence-corrected chi connectivity index (χ4v) is 1.80. The third-order valence-corrected chi connectivity index (χ3v) is 2.74. The zero-order valence-corrected chi connectivity index (χ0v) is 13.5. The highest BCUT2D eigenvalue weighted by Crippen LogP contribution is 2.08. The SMILES string of the molecule is CCCCCC[C@H](NCC(=O)OC(C)(C)C)C(=O)OC. The van der Waals surface area contributed by atoms with Crippen LogP contribution in [0.3, 0.4) is 0 Å². The quantitative estimate of drug-likeness (QED) is 0.521. The van der Waals surface area contributed by atoms with Crippen molar-refractivity contribution in [3.8, 4) is 0 Å². The molecule has 0 aromatic carbocycles. The molecule has 20 heavy (non-hydrogen) atoms. The van der Waals surface area contributed by atoms with Gasteiger partial charge in [-0.15, -0.1) is 0 Å². The first-order chi connectivity index (χ1) is 9.30. The molecule has 0 heterocycles. The monoisotopic (exact) mass is 287 g/mol. The summed E-state index contributed by atoms with van der Waals surface area (Å²) in [5.74, 6) is -0.690. The van der Waals surface area contributed by atoms with Gasteiger partial charge in [-0.2, -0.15) is 0 Å². The van der Waals surface area contributed by atoms with E-state index < -0.39 is 11.6 Å². The molecule has 0 aliphatic rings. The predicted molar refractivity (Wildman–Crippen MR) is 78.4 cm³/mol. The highest BCUT2D eigenvalue weighted by atomic mass is 16.6. The summed E-state index contributed by atoms with van der Waals surface area (Å²) < 4.78 is 9.94. The first-order valence-electron chi connectivity index (χ1n) is 7.33. The van der Waals surface area contributed by atoms with E-state index in [2.05, 4.69) is 12.2 Å². The Labute approximate surface area is 122 Å². The largest absolute Gasteiger partial charge is 0.468 e. The first kappa shape index (κ1) is 18.9. The molecular weight excluding hydrogens is 258 g/mol. The number of hydrogen-bond donors (Lipinski definition) is 1. The molecule has 118 valence electrons. The summed E-state index contributed by atoms with van der Waals surface area (Å²) in [5.41, 5.74) is -0.513. The van der Waals surface area contributed by atoms with Gasteiger partial charge in [-0.05, 0) is 27.2 Å². The molecule has 1 atom stereocenters. The molecule has 0 fully saturated rings. The molecule has 0 aromatic rings. The Hall–Kier alpha value is -1.10. The first-order valence-corrected chi connectivity index (χ1v) is 7.33. The lowest BCUT2D eigenvalue weighted by atomic mass is 10.1. The van der Waals surface area contributed by atoms with Crippen LogP contribution in [0.4, 0.5) is 0 Å². The third kappa shape index (κ3) is 9.78. The second-order valence-corrected chi connectivity index (χ2v) is 5.89. The van der Waals surface area contributed by atoms with Crippen LogP contribution < -0.4 is 5.32 Å². The Kier molecular flexibility index (Phi) is 9.21. The van der Waals surface area contributed by atoms with Crippen molar-refractivity contribution in [1.29, 1.82) is 0 Å². The molecule has 0 rings (SSSR count). The number of rotatable bonds is 9. The van der Waals surface area contributed by atoms with Gasteiger partial charge in [0.05, 0.1) is 13.7 Å². The summed E-state index contributed by atoms with van der Waals surface area (Å²) in [6, 6.07) is -0.440. The van der Waals surface area contributed by atoms with E-state index in [0.717, 1.165) is 25.7 Å². The minimum Gasteiger partial charge on any atom is -0.468 e. The normalized spacial score (nSPS) is 12.8. The van der Waals surface area contributed by atoms with Gasteiger partial charge < -0.3 is 9.47 Å². The summed E-state index contributed by atoms with van der Waals surface area (Å²) in [6.45, 7) is 7.59. The van der Waals surface area contributed by atoms with E-state index in [1.165, 1.54) is 7.11 Å². The van der Waals surface area contributed by atoms with Gasteiger partial charge in [0.2, 0.25) is 0 Å². The van der Waals surface area contributed by atoms with E-state index in [1.54, 1.807) is 0 Å². The number of hydrogen-bond acceptors (Lipinski definition) is 5. The number of methoxy groups -OCH3 is 1. The highest BCUT2D eigenvalue weighted by molar-refractivity contribution is 5.77. The van der Waals surface area contributed by atoms with Crippen molar-refractivity contribution in [2.75, 3.05) is 13.7 Å². The van der Waals surface area contributed by atoms with Crippen LogP contribution in [-0.4, -0.2) is 37.2 Å². The third-order valence-electron chi connectivity index (χ3n) is 2.74. The van der Waals surface area contributed by atoms with E-state index in [-0.39, 0.29) is 18.5 Å². The predicted octanol–water partition coefficient (Wildman–Crippen LogP) is 2.43. The van der Waals surface area contributed by atoms with Gasteiger partial charge in [0.1, 0.15) is 11.6 Å². The molecule has 0 amide bonds. The second-order valence-electron chi connectivity index (χ2n) is 5.89. The number of esters is 2. The van der Waals surface area contributed by atoms with Gasteiger partial charge in [-0.3, -0.25) is 14.9 Å². The van der Waals surface area contributed by atoms with Crippen molar-refractivity contribution in [1.82, 2.24) is 5.32 Å². The van der Waals surface area contributed by atoms with E-state index >= 15 is 0 Å². The van der Waals surface area contributed by atoms with Crippen molar-refractivity contribution in [3.05, 3.63) is 0 Å². The number of carbonyl (C=O) groups is 2. The van der Waals surface area contributed by atoms with E-state index in [0.29, 0.717) is 6.42 Å². The molecule has 1 N–H and O–H groups in total. The van der Waals surface area contributed by atoms with Crippen LogP contribution in [0.15, 0.2) is 0 Å². The Morgan fingerprint density at radius 2 is 1.80 bits per heavy atom. The van der Waals surface area contributed by atoms with Crippen molar-refractivity contribution < 1.29 is 19.1 Å². The average Bonchev–Trinajstić information content (AvgIpc) is 2.35. The van der Waals surface area contributed by atoms with Crippen molar-refractivity contribution in [3.63, 3.8) is 0 Å². The summed E-state index contributed by atoms with van der Waals surface area (Å²) in [6.07, 6.45) is 5.00. The van der Waals surface area contributed by atoms with E-state index in [9.17, 15) is 9.59 Å². The standard InChI is InChI=1S/C15H29NO4/c1-6-7-8-9-10-12(14(18)19-5)16-11-13(17)20-15(2,3)4/h12,16H,6-11H2,1-5H3/t12-/m0/s1. The Morgan fingerprint density at radius 1 is 1.15 bits per heavy atom. The molecule has 0 aromatic heterocycles. The Bertz CT molecular complexity index is 297. The van der Waals surface area contributed by atoms with Gasteiger partial charge >= 0.3 is 11.9 Å². The van der Waals surface area contributed by atoms with Crippen LogP contribution >= 0.6 is 0 Å². The Balaban J connectivity index is 4.16. The molecule has 5 heteroatoms. The van der Waals surface area contributed by atoms with Gasteiger partial charge in [0.25, 0.3) is 0 Å². The van der Waals surface area contributed by atoms with Crippen LogP contribution in [0.25, 0.3) is 0 Å². The number of ether oxygens (including phenoxy) is 2. The Morgan fingerprint density at radius 3 is 2.30 bits per heavy atom. The molecule has 0 unspecified atom stereocenters. The average molecular weight is 287 g/mol. The molecule has 0 bridgehead atoms. The highest BCUT2D eigenvalue weighted by Gasteiger charge is 2.21. The van der Waals surface area contributed by atoms with Gasteiger partial charge in [-0.1, -0.05) is 32.6 Å². The second kappa shape index (κ2) is 9.75. The van der Waals surface area contributed by atoms with E-state index in [4.69, 9.17) is 9.47 Å². The lowest BCUT2D eigenvalue weighted by molar-refractivity contribution is -0.154.